The lowest BCUT2D eigenvalue weighted by Crippen LogP contribution is -2.24. The van der Waals surface area contributed by atoms with E-state index >= 15 is 0 Å². The molecule has 0 aliphatic rings. The van der Waals surface area contributed by atoms with Crippen LogP contribution >= 0.6 is 0 Å². The Morgan fingerprint density at radius 2 is 1.60 bits per heavy atom. The molecule has 0 aromatic heterocycles. The van der Waals surface area contributed by atoms with Crippen LogP contribution in [0.3, 0.4) is 0 Å². The van der Waals surface area contributed by atoms with Crippen LogP contribution in [0.4, 0.5) is 11.4 Å². The largest absolute Gasteiger partial charge is 0.342 e. The van der Waals surface area contributed by atoms with Crippen molar-refractivity contribution in [2.75, 3.05) is 11.4 Å². The zero-order valence-corrected chi connectivity index (χ0v) is 12.6. The van der Waals surface area contributed by atoms with Gasteiger partial charge in [-0.1, -0.05) is 50.2 Å². The number of nitrogens with one attached hydrogen (secondary N) is 1. The number of para-hydroxylation sites is 2. The van der Waals surface area contributed by atoms with Gasteiger partial charge in [0.05, 0.1) is 0 Å². The van der Waals surface area contributed by atoms with E-state index in [0.717, 1.165) is 13.1 Å². The Bertz CT molecular complexity index is 520. The maximum Gasteiger partial charge on any atom is 0.0456 e. The van der Waals surface area contributed by atoms with Gasteiger partial charge in [-0.25, -0.2) is 0 Å². The van der Waals surface area contributed by atoms with Crippen molar-refractivity contribution in [1.82, 2.24) is 5.32 Å². The highest BCUT2D eigenvalue weighted by Crippen LogP contribution is 2.28. The number of hydrogen-bond donors (Lipinski definition) is 1. The molecule has 0 aliphatic carbocycles. The highest BCUT2D eigenvalue weighted by Gasteiger charge is 2.11. The first-order chi connectivity index (χ1) is 9.72. The fraction of sp³-hybridized carbons (Fsp3) is 0.333. The molecule has 0 radical (unpaired) electrons. The lowest BCUT2D eigenvalue weighted by Gasteiger charge is -2.26. The smallest absolute Gasteiger partial charge is 0.0456 e. The predicted octanol–water partition coefficient (Wildman–Crippen LogP) is 4.34. The Hall–Kier alpha value is -1.80. The zero-order chi connectivity index (χ0) is 14.4. The predicted molar refractivity (Wildman–Crippen MR) is 87.5 cm³/mol. The van der Waals surface area contributed by atoms with Gasteiger partial charge in [0.15, 0.2) is 0 Å². The van der Waals surface area contributed by atoms with E-state index in [2.05, 4.69) is 85.6 Å². The van der Waals surface area contributed by atoms with Crippen LogP contribution in [-0.4, -0.2) is 12.6 Å². The summed E-state index contributed by atoms with van der Waals surface area (Å²) in [6.07, 6.45) is 0. The summed E-state index contributed by atoms with van der Waals surface area (Å²) in [4.78, 5) is 2.36. The van der Waals surface area contributed by atoms with Gasteiger partial charge in [-0.05, 0) is 30.7 Å². The first-order valence-corrected chi connectivity index (χ1v) is 7.36. The van der Waals surface area contributed by atoms with Crippen LogP contribution in [0.25, 0.3) is 0 Å². The van der Waals surface area contributed by atoms with Gasteiger partial charge in [0.1, 0.15) is 0 Å². The van der Waals surface area contributed by atoms with Crippen molar-refractivity contribution >= 4 is 11.4 Å². The van der Waals surface area contributed by atoms with E-state index in [-0.39, 0.29) is 0 Å². The normalized spacial score (nSPS) is 10.8. The topological polar surface area (TPSA) is 15.3 Å². The van der Waals surface area contributed by atoms with Crippen molar-refractivity contribution < 1.29 is 0 Å². The standard InChI is InChI=1S/C18H24N2/c1-4-20(17-11-6-5-7-12-17)18-13-9-8-10-16(18)14-19-15(2)3/h5-13,15,19H,4,14H2,1-3H3. The summed E-state index contributed by atoms with van der Waals surface area (Å²) in [5, 5.41) is 3.51. The van der Waals surface area contributed by atoms with Gasteiger partial charge in [-0.15, -0.1) is 0 Å². The van der Waals surface area contributed by atoms with Crippen LogP contribution in [0.5, 0.6) is 0 Å². The molecule has 20 heavy (non-hydrogen) atoms. The molecule has 2 nitrogen and oxygen atoms in total. The summed E-state index contributed by atoms with van der Waals surface area (Å²) in [6, 6.07) is 19.7. The van der Waals surface area contributed by atoms with E-state index in [1.165, 1.54) is 16.9 Å². The van der Waals surface area contributed by atoms with Crippen molar-refractivity contribution in [1.29, 1.82) is 0 Å². The summed E-state index contributed by atoms with van der Waals surface area (Å²) in [7, 11) is 0. The molecule has 0 saturated carbocycles. The first kappa shape index (κ1) is 14.6. The lowest BCUT2D eigenvalue weighted by atomic mass is 10.1. The van der Waals surface area contributed by atoms with Crippen molar-refractivity contribution in [2.24, 2.45) is 0 Å². The highest BCUT2D eigenvalue weighted by atomic mass is 15.1. The number of rotatable bonds is 6. The highest BCUT2D eigenvalue weighted by molar-refractivity contribution is 5.66. The summed E-state index contributed by atoms with van der Waals surface area (Å²) < 4.78 is 0. The third-order valence-corrected chi connectivity index (χ3v) is 3.37. The minimum atomic E-state index is 0.495. The van der Waals surface area contributed by atoms with Crippen LogP contribution in [0, 0.1) is 0 Å². The van der Waals surface area contributed by atoms with E-state index in [1.807, 2.05) is 0 Å². The van der Waals surface area contributed by atoms with Gasteiger partial charge in [0.25, 0.3) is 0 Å². The third kappa shape index (κ3) is 3.61. The molecule has 1 N–H and O–H groups in total. The molecule has 0 unspecified atom stereocenters. The molecule has 0 atom stereocenters. The first-order valence-electron chi connectivity index (χ1n) is 7.36. The van der Waals surface area contributed by atoms with Crippen LogP contribution in [0.1, 0.15) is 26.3 Å². The Balaban J connectivity index is 2.30. The molecule has 0 aliphatic heterocycles. The molecule has 0 fully saturated rings. The SMILES string of the molecule is CCN(c1ccccc1)c1ccccc1CNC(C)C. The zero-order valence-electron chi connectivity index (χ0n) is 12.6. The molecule has 106 valence electrons. The molecule has 2 aromatic rings. The molecule has 0 bridgehead atoms. The van der Waals surface area contributed by atoms with Crippen molar-refractivity contribution in [3.8, 4) is 0 Å². The maximum atomic E-state index is 3.51. The number of hydrogen-bond acceptors (Lipinski definition) is 2. The van der Waals surface area contributed by atoms with Gasteiger partial charge in [-0.3, -0.25) is 0 Å². The van der Waals surface area contributed by atoms with Crippen molar-refractivity contribution in [3.05, 3.63) is 60.2 Å². The second-order valence-electron chi connectivity index (χ2n) is 5.24. The van der Waals surface area contributed by atoms with Gasteiger partial charge in [0.2, 0.25) is 0 Å². The second-order valence-corrected chi connectivity index (χ2v) is 5.24. The summed E-state index contributed by atoms with van der Waals surface area (Å²) in [6.45, 7) is 8.41. The van der Waals surface area contributed by atoms with E-state index < -0.39 is 0 Å². The van der Waals surface area contributed by atoms with Crippen LogP contribution in [0.15, 0.2) is 54.6 Å². The molecule has 0 spiro atoms. The number of anilines is 2. The fourth-order valence-corrected chi connectivity index (χ4v) is 2.34. The van der Waals surface area contributed by atoms with Crippen LogP contribution < -0.4 is 10.2 Å². The summed E-state index contributed by atoms with van der Waals surface area (Å²) >= 11 is 0. The van der Waals surface area contributed by atoms with Crippen LogP contribution in [0.2, 0.25) is 0 Å². The average molecular weight is 268 g/mol. The van der Waals surface area contributed by atoms with E-state index in [4.69, 9.17) is 0 Å². The molecular formula is C18H24N2. The van der Waals surface area contributed by atoms with Gasteiger partial charge in [0, 0.05) is 30.5 Å². The average Bonchev–Trinajstić information content (AvgIpc) is 2.48. The Morgan fingerprint density at radius 3 is 2.25 bits per heavy atom. The fourth-order valence-electron chi connectivity index (χ4n) is 2.34. The van der Waals surface area contributed by atoms with Crippen molar-refractivity contribution in [2.45, 2.75) is 33.4 Å². The molecule has 2 rings (SSSR count). The summed E-state index contributed by atoms with van der Waals surface area (Å²) in [5.74, 6) is 0. The number of benzene rings is 2. The summed E-state index contributed by atoms with van der Waals surface area (Å²) in [5.41, 5.74) is 3.87. The molecule has 0 amide bonds. The minimum absolute atomic E-state index is 0.495. The van der Waals surface area contributed by atoms with Gasteiger partial charge >= 0.3 is 0 Å². The van der Waals surface area contributed by atoms with Crippen LogP contribution in [-0.2, 0) is 6.54 Å². The Morgan fingerprint density at radius 1 is 0.950 bits per heavy atom. The quantitative estimate of drug-likeness (QED) is 0.838. The Kier molecular flexibility index (Phi) is 5.19. The Labute approximate surface area is 122 Å². The maximum absolute atomic E-state index is 3.51. The second kappa shape index (κ2) is 7.11. The molecule has 0 saturated heterocycles. The van der Waals surface area contributed by atoms with Crippen molar-refractivity contribution in [3.63, 3.8) is 0 Å². The van der Waals surface area contributed by atoms with Gasteiger partial charge in [-0.2, -0.15) is 0 Å². The molecule has 0 heterocycles. The van der Waals surface area contributed by atoms with E-state index in [0.29, 0.717) is 6.04 Å². The van der Waals surface area contributed by atoms with E-state index in [1.54, 1.807) is 0 Å². The van der Waals surface area contributed by atoms with E-state index in [9.17, 15) is 0 Å². The molecule has 2 aromatic carbocycles. The van der Waals surface area contributed by atoms with Gasteiger partial charge < -0.3 is 10.2 Å². The molecule has 2 heteroatoms. The molecular weight excluding hydrogens is 244 g/mol. The third-order valence-electron chi connectivity index (χ3n) is 3.37. The minimum Gasteiger partial charge on any atom is -0.342 e. The monoisotopic (exact) mass is 268 g/mol. The number of nitrogens with zero attached hydrogens (tertiary/aromatic N) is 1. The lowest BCUT2D eigenvalue weighted by molar-refractivity contribution is 0.588.